The molecule has 1 atom stereocenters. The predicted molar refractivity (Wildman–Crippen MR) is 76.5 cm³/mol. The summed E-state index contributed by atoms with van der Waals surface area (Å²) in [6.07, 6.45) is 0.723. The standard InChI is InChI=1S/C12H13Cl2NO3S/c13-9-1-2-10(14)11(6-9)15-12(16)5-8-3-4-19(17,18)7-8/h1-2,6,8H,3-5,7H2,(H,15,16)/t8-/m1/s1. The van der Waals surface area contributed by atoms with Crippen molar-refractivity contribution in [2.24, 2.45) is 5.92 Å². The van der Waals surface area contributed by atoms with Gasteiger partial charge in [0, 0.05) is 11.4 Å². The van der Waals surface area contributed by atoms with E-state index in [0.29, 0.717) is 22.2 Å². The first-order valence-electron chi connectivity index (χ1n) is 5.81. The summed E-state index contributed by atoms with van der Waals surface area (Å²) in [6, 6.07) is 4.79. The van der Waals surface area contributed by atoms with Crippen molar-refractivity contribution >= 4 is 44.6 Å². The Morgan fingerprint density at radius 3 is 2.74 bits per heavy atom. The van der Waals surface area contributed by atoms with E-state index in [1.807, 2.05) is 0 Å². The van der Waals surface area contributed by atoms with Gasteiger partial charge in [0.05, 0.1) is 22.2 Å². The van der Waals surface area contributed by atoms with Gasteiger partial charge in [0.25, 0.3) is 0 Å². The molecule has 1 aliphatic heterocycles. The van der Waals surface area contributed by atoms with Crippen molar-refractivity contribution in [2.75, 3.05) is 16.8 Å². The summed E-state index contributed by atoms with van der Waals surface area (Å²) >= 11 is 11.8. The minimum atomic E-state index is -2.96. The number of halogens is 2. The van der Waals surface area contributed by atoms with Crippen molar-refractivity contribution in [2.45, 2.75) is 12.8 Å². The summed E-state index contributed by atoms with van der Waals surface area (Å²) in [5, 5.41) is 3.53. The van der Waals surface area contributed by atoms with Crippen LogP contribution >= 0.6 is 23.2 Å². The van der Waals surface area contributed by atoms with Crippen LogP contribution in [0.25, 0.3) is 0 Å². The average Bonchev–Trinajstić information content (AvgIpc) is 2.63. The summed E-state index contributed by atoms with van der Waals surface area (Å²) < 4.78 is 22.6. The first-order valence-corrected chi connectivity index (χ1v) is 8.39. The molecule has 19 heavy (non-hydrogen) atoms. The Kier molecular flexibility index (Phi) is 4.38. The topological polar surface area (TPSA) is 63.2 Å². The second-order valence-corrected chi connectivity index (χ2v) is 7.72. The number of hydrogen-bond donors (Lipinski definition) is 1. The molecule has 0 radical (unpaired) electrons. The molecule has 1 amide bonds. The van der Waals surface area contributed by atoms with Crippen LogP contribution in [0.1, 0.15) is 12.8 Å². The average molecular weight is 322 g/mol. The first kappa shape index (κ1) is 14.6. The highest BCUT2D eigenvalue weighted by Crippen LogP contribution is 2.27. The summed E-state index contributed by atoms with van der Waals surface area (Å²) in [5.74, 6) is -0.0961. The van der Waals surface area contributed by atoms with Crippen LogP contribution in [0.2, 0.25) is 10.0 Å². The van der Waals surface area contributed by atoms with E-state index in [1.165, 1.54) is 0 Å². The fourth-order valence-corrected chi connectivity index (χ4v) is 4.29. The molecule has 0 spiro atoms. The monoisotopic (exact) mass is 321 g/mol. The van der Waals surface area contributed by atoms with E-state index in [0.717, 1.165) is 0 Å². The zero-order valence-electron chi connectivity index (χ0n) is 10.0. The van der Waals surface area contributed by atoms with E-state index >= 15 is 0 Å². The number of carbonyl (C=O) groups is 1. The van der Waals surface area contributed by atoms with Gasteiger partial charge in [0.1, 0.15) is 0 Å². The molecular weight excluding hydrogens is 309 g/mol. The highest BCUT2D eigenvalue weighted by atomic mass is 35.5. The molecule has 1 saturated heterocycles. The normalized spacial score (nSPS) is 21.3. The van der Waals surface area contributed by atoms with Gasteiger partial charge in [-0.3, -0.25) is 4.79 Å². The summed E-state index contributed by atoms with van der Waals surface area (Å²) in [4.78, 5) is 11.8. The van der Waals surface area contributed by atoms with Crippen LogP contribution < -0.4 is 5.32 Å². The number of nitrogens with one attached hydrogen (secondary N) is 1. The Hall–Kier alpha value is -0.780. The molecule has 0 aromatic heterocycles. The second-order valence-electron chi connectivity index (χ2n) is 4.65. The zero-order chi connectivity index (χ0) is 14.0. The third kappa shape index (κ3) is 4.09. The fraction of sp³-hybridized carbons (Fsp3) is 0.417. The maximum absolute atomic E-state index is 11.8. The minimum absolute atomic E-state index is 0.0870. The van der Waals surface area contributed by atoms with Gasteiger partial charge < -0.3 is 5.32 Å². The lowest BCUT2D eigenvalue weighted by atomic mass is 10.1. The molecule has 0 aliphatic carbocycles. The number of benzene rings is 1. The van der Waals surface area contributed by atoms with Crippen LogP contribution in [0.15, 0.2) is 18.2 Å². The fourth-order valence-electron chi connectivity index (χ4n) is 2.09. The smallest absolute Gasteiger partial charge is 0.224 e. The summed E-state index contributed by atoms with van der Waals surface area (Å²) in [5.41, 5.74) is 0.444. The van der Waals surface area contributed by atoms with Crippen LogP contribution in [0.4, 0.5) is 5.69 Å². The van der Waals surface area contributed by atoms with Crippen LogP contribution in [0.5, 0.6) is 0 Å². The van der Waals surface area contributed by atoms with Gasteiger partial charge in [-0.25, -0.2) is 8.42 Å². The van der Waals surface area contributed by atoms with E-state index < -0.39 is 9.84 Å². The molecule has 1 heterocycles. The Morgan fingerprint density at radius 2 is 2.11 bits per heavy atom. The largest absolute Gasteiger partial charge is 0.325 e. The molecule has 1 aliphatic rings. The van der Waals surface area contributed by atoms with Crippen LogP contribution in [0.3, 0.4) is 0 Å². The Labute approximate surface area is 122 Å². The van der Waals surface area contributed by atoms with E-state index in [-0.39, 0.29) is 29.8 Å². The predicted octanol–water partition coefficient (Wildman–Crippen LogP) is 2.76. The van der Waals surface area contributed by atoms with Crippen LogP contribution in [-0.4, -0.2) is 25.8 Å². The van der Waals surface area contributed by atoms with E-state index in [2.05, 4.69) is 5.32 Å². The number of hydrogen-bond acceptors (Lipinski definition) is 3. The van der Waals surface area contributed by atoms with Gasteiger partial charge in [0.2, 0.25) is 5.91 Å². The zero-order valence-corrected chi connectivity index (χ0v) is 12.4. The maximum atomic E-state index is 11.8. The summed E-state index contributed by atoms with van der Waals surface area (Å²) in [6.45, 7) is 0. The van der Waals surface area contributed by atoms with Crippen molar-refractivity contribution in [3.63, 3.8) is 0 Å². The molecule has 0 saturated carbocycles. The van der Waals surface area contributed by atoms with Crippen LogP contribution in [0, 0.1) is 5.92 Å². The highest BCUT2D eigenvalue weighted by molar-refractivity contribution is 7.91. The van der Waals surface area contributed by atoms with Gasteiger partial charge in [-0.05, 0) is 30.5 Å². The van der Waals surface area contributed by atoms with Gasteiger partial charge in [-0.1, -0.05) is 23.2 Å². The number of amides is 1. The molecule has 0 unspecified atom stereocenters. The molecule has 104 valence electrons. The summed E-state index contributed by atoms with van der Waals surface area (Å²) in [7, 11) is -2.96. The van der Waals surface area contributed by atoms with Crippen molar-refractivity contribution in [1.29, 1.82) is 0 Å². The lowest BCUT2D eigenvalue weighted by Gasteiger charge is -2.10. The molecule has 0 bridgehead atoms. The molecule has 7 heteroatoms. The highest BCUT2D eigenvalue weighted by Gasteiger charge is 2.29. The number of carbonyl (C=O) groups excluding carboxylic acids is 1. The van der Waals surface area contributed by atoms with E-state index in [9.17, 15) is 13.2 Å². The van der Waals surface area contributed by atoms with E-state index in [1.54, 1.807) is 18.2 Å². The Balaban J connectivity index is 1.97. The molecule has 1 fully saturated rings. The lowest BCUT2D eigenvalue weighted by Crippen LogP contribution is -2.17. The van der Waals surface area contributed by atoms with E-state index in [4.69, 9.17) is 23.2 Å². The Morgan fingerprint density at radius 1 is 1.37 bits per heavy atom. The molecule has 1 aromatic carbocycles. The first-order chi connectivity index (χ1) is 8.85. The number of sulfone groups is 1. The van der Waals surface area contributed by atoms with Gasteiger partial charge in [-0.2, -0.15) is 0 Å². The van der Waals surface area contributed by atoms with Crippen molar-refractivity contribution in [1.82, 2.24) is 0 Å². The van der Waals surface area contributed by atoms with Crippen molar-refractivity contribution in [3.05, 3.63) is 28.2 Å². The molecule has 1 N–H and O–H groups in total. The minimum Gasteiger partial charge on any atom is -0.325 e. The van der Waals surface area contributed by atoms with Gasteiger partial charge in [-0.15, -0.1) is 0 Å². The Bertz CT molecular complexity index is 601. The van der Waals surface area contributed by atoms with Gasteiger partial charge in [0.15, 0.2) is 9.84 Å². The molecule has 4 nitrogen and oxygen atoms in total. The molecule has 2 rings (SSSR count). The van der Waals surface area contributed by atoms with Crippen molar-refractivity contribution in [3.8, 4) is 0 Å². The van der Waals surface area contributed by atoms with Crippen LogP contribution in [-0.2, 0) is 14.6 Å². The lowest BCUT2D eigenvalue weighted by molar-refractivity contribution is -0.116. The second kappa shape index (κ2) is 5.69. The molecule has 1 aromatic rings. The maximum Gasteiger partial charge on any atom is 0.224 e. The number of rotatable bonds is 3. The third-order valence-corrected chi connectivity index (χ3v) is 5.40. The molecular formula is C12H13Cl2NO3S. The quantitative estimate of drug-likeness (QED) is 0.931. The SMILES string of the molecule is O=C(C[C@H]1CCS(=O)(=O)C1)Nc1cc(Cl)ccc1Cl. The number of anilines is 1. The van der Waals surface area contributed by atoms with Gasteiger partial charge >= 0.3 is 0 Å². The third-order valence-electron chi connectivity index (χ3n) is 3.00. The van der Waals surface area contributed by atoms with Crippen molar-refractivity contribution < 1.29 is 13.2 Å².